The second kappa shape index (κ2) is 13.4. The van der Waals surface area contributed by atoms with Gasteiger partial charge in [0.15, 0.2) is 5.16 Å². The van der Waals surface area contributed by atoms with Crippen LogP contribution in [0.3, 0.4) is 0 Å². The normalized spacial score (nSPS) is 10.6. The van der Waals surface area contributed by atoms with Gasteiger partial charge in [-0.05, 0) is 54.0 Å². The monoisotopic (exact) mass is 514 g/mol. The zero-order valence-electron chi connectivity index (χ0n) is 19.2. The summed E-state index contributed by atoms with van der Waals surface area (Å²) < 4.78 is 0. The molecule has 0 saturated carbocycles. The van der Waals surface area contributed by atoms with Crippen LogP contribution in [-0.2, 0) is 18.7 Å². The van der Waals surface area contributed by atoms with Gasteiger partial charge in [0.2, 0.25) is 0 Å². The summed E-state index contributed by atoms with van der Waals surface area (Å²) in [6.07, 6.45) is 4.45. The molecule has 1 aromatic carbocycles. The van der Waals surface area contributed by atoms with Gasteiger partial charge in [-0.15, -0.1) is 37.2 Å². The van der Waals surface area contributed by atoms with Crippen LogP contribution < -0.4 is 5.73 Å². The fourth-order valence-corrected chi connectivity index (χ4v) is 4.35. The summed E-state index contributed by atoms with van der Waals surface area (Å²) in [6.45, 7) is 11.4. The van der Waals surface area contributed by atoms with Gasteiger partial charge < -0.3 is 5.73 Å². The van der Waals surface area contributed by atoms with Crippen molar-refractivity contribution < 1.29 is 0 Å². The second-order valence-corrected chi connectivity index (χ2v) is 9.55. The number of pyridine rings is 1. The molecule has 0 saturated heterocycles. The minimum Gasteiger partial charge on any atom is -0.326 e. The first-order valence-electron chi connectivity index (χ1n) is 9.96. The number of hydrogen-bond donors (Lipinski definition) is 1. The molecule has 0 aliphatic heterocycles. The molecule has 0 fully saturated rings. The predicted octanol–water partition coefficient (Wildman–Crippen LogP) is 6.76. The second-order valence-electron chi connectivity index (χ2n) is 8.60. The third kappa shape index (κ3) is 7.89. The molecule has 0 unspecified atom stereocenters. The maximum absolute atomic E-state index is 6.29. The highest BCUT2D eigenvalue weighted by Crippen LogP contribution is 2.36. The summed E-state index contributed by atoms with van der Waals surface area (Å²) in [4.78, 5) is 13.7. The molecule has 176 valence electrons. The van der Waals surface area contributed by atoms with Gasteiger partial charge in [0.1, 0.15) is 0 Å². The number of rotatable bonds is 6. The average molecular weight is 516 g/mol. The van der Waals surface area contributed by atoms with Crippen molar-refractivity contribution in [1.82, 2.24) is 15.0 Å². The molecular formula is C24H33Cl3N4S. The maximum Gasteiger partial charge on any atom is 0.187 e. The Morgan fingerprint density at radius 3 is 2.03 bits per heavy atom. The first-order chi connectivity index (χ1) is 13.8. The van der Waals surface area contributed by atoms with Crippen molar-refractivity contribution in [2.75, 3.05) is 0 Å². The Kier molecular flexibility index (Phi) is 12.8. The molecule has 0 radical (unpaired) electrons. The van der Waals surface area contributed by atoms with E-state index in [9.17, 15) is 0 Å². The molecule has 0 spiro atoms. The quantitative estimate of drug-likeness (QED) is 0.290. The molecule has 3 rings (SSSR count). The number of benzene rings is 1. The van der Waals surface area contributed by atoms with Crippen LogP contribution in [0.4, 0.5) is 0 Å². The number of hydrogen-bond acceptors (Lipinski definition) is 5. The predicted molar refractivity (Wildman–Crippen MR) is 144 cm³/mol. The highest BCUT2D eigenvalue weighted by Gasteiger charge is 2.22. The van der Waals surface area contributed by atoms with Gasteiger partial charge in [0.05, 0.1) is 0 Å². The molecule has 2 aromatic heterocycles. The van der Waals surface area contributed by atoms with Crippen LogP contribution in [0, 0.1) is 19.3 Å². The summed E-state index contributed by atoms with van der Waals surface area (Å²) in [7, 11) is 0. The molecule has 0 amide bonds. The summed E-state index contributed by atoms with van der Waals surface area (Å²) in [5.41, 5.74) is 14.6. The van der Waals surface area contributed by atoms with Crippen LogP contribution in [0.5, 0.6) is 0 Å². The van der Waals surface area contributed by atoms with Crippen molar-refractivity contribution in [3.8, 4) is 11.1 Å². The fraction of sp³-hybridized carbons (Fsp3) is 0.375. The van der Waals surface area contributed by atoms with E-state index < -0.39 is 0 Å². The Morgan fingerprint density at radius 2 is 1.50 bits per heavy atom. The van der Waals surface area contributed by atoms with Crippen molar-refractivity contribution in [2.24, 2.45) is 11.1 Å². The number of nitrogens with two attached hydrogens (primary N) is 1. The third-order valence-corrected chi connectivity index (χ3v) is 5.72. The van der Waals surface area contributed by atoms with E-state index in [1.807, 2.05) is 6.07 Å². The third-order valence-electron chi connectivity index (χ3n) is 4.82. The van der Waals surface area contributed by atoms with E-state index in [1.54, 1.807) is 24.2 Å². The van der Waals surface area contributed by atoms with Crippen molar-refractivity contribution in [2.45, 2.75) is 58.5 Å². The standard InChI is InChI=1S/C24H30N4S.3ClH/c1-16-7-9-18(10-8-16)22-19(14-25)21(13-24(3,4)5)28-17(2)20(22)15-29-23-26-11-6-12-27-23;;;/h6-12H,13-15,25H2,1-5H3;3*1H. The lowest BCUT2D eigenvalue weighted by molar-refractivity contribution is 0.404. The minimum atomic E-state index is 0. The summed E-state index contributed by atoms with van der Waals surface area (Å²) in [5, 5.41) is 0.773. The number of thioether (sulfide) groups is 1. The van der Waals surface area contributed by atoms with Gasteiger partial charge in [-0.2, -0.15) is 0 Å². The van der Waals surface area contributed by atoms with Crippen molar-refractivity contribution >= 4 is 49.0 Å². The van der Waals surface area contributed by atoms with Gasteiger partial charge in [-0.1, -0.05) is 62.4 Å². The minimum absolute atomic E-state index is 0. The van der Waals surface area contributed by atoms with E-state index in [4.69, 9.17) is 10.7 Å². The molecule has 8 heteroatoms. The van der Waals surface area contributed by atoms with E-state index >= 15 is 0 Å². The van der Waals surface area contributed by atoms with Gasteiger partial charge in [-0.25, -0.2) is 9.97 Å². The molecule has 0 aliphatic carbocycles. The summed E-state index contributed by atoms with van der Waals surface area (Å²) in [5.74, 6) is 0.759. The molecule has 0 aliphatic rings. The molecule has 4 nitrogen and oxygen atoms in total. The zero-order valence-corrected chi connectivity index (χ0v) is 22.5. The number of nitrogens with zero attached hydrogens (tertiary/aromatic N) is 3. The van der Waals surface area contributed by atoms with Crippen LogP contribution in [0.2, 0.25) is 0 Å². The average Bonchev–Trinajstić information content (AvgIpc) is 2.67. The van der Waals surface area contributed by atoms with Crippen LogP contribution in [-0.4, -0.2) is 15.0 Å². The molecule has 32 heavy (non-hydrogen) atoms. The zero-order chi connectivity index (χ0) is 21.0. The molecular weight excluding hydrogens is 483 g/mol. The van der Waals surface area contributed by atoms with E-state index in [-0.39, 0.29) is 42.6 Å². The maximum atomic E-state index is 6.29. The summed E-state index contributed by atoms with van der Waals surface area (Å²) >= 11 is 1.63. The van der Waals surface area contributed by atoms with Crippen molar-refractivity contribution in [3.05, 3.63) is 70.8 Å². The van der Waals surface area contributed by atoms with Crippen molar-refractivity contribution in [3.63, 3.8) is 0 Å². The Bertz CT molecular complexity index is 975. The Balaban J connectivity index is 0.00000320. The highest BCUT2D eigenvalue weighted by molar-refractivity contribution is 7.98. The van der Waals surface area contributed by atoms with E-state index in [2.05, 4.69) is 68.9 Å². The Hall–Kier alpha value is -1.37. The van der Waals surface area contributed by atoms with E-state index in [1.165, 1.54) is 22.3 Å². The molecule has 3 aromatic rings. The Labute approximate surface area is 214 Å². The number of aryl methyl sites for hydroxylation is 2. The van der Waals surface area contributed by atoms with Gasteiger partial charge in [0, 0.05) is 36.1 Å². The van der Waals surface area contributed by atoms with Gasteiger partial charge in [-0.3, -0.25) is 4.98 Å². The van der Waals surface area contributed by atoms with Crippen LogP contribution >= 0.6 is 49.0 Å². The number of halogens is 3. The highest BCUT2D eigenvalue weighted by atomic mass is 35.5. The molecule has 2 N–H and O–H groups in total. The largest absolute Gasteiger partial charge is 0.326 e. The topological polar surface area (TPSA) is 64.7 Å². The lowest BCUT2D eigenvalue weighted by Gasteiger charge is -2.24. The Morgan fingerprint density at radius 1 is 0.906 bits per heavy atom. The SMILES string of the molecule is Cc1ccc(-c2c(CSc3ncccn3)c(C)nc(CC(C)(C)C)c2CN)cc1.Cl.Cl.Cl. The van der Waals surface area contributed by atoms with E-state index in [0.717, 1.165) is 34.3 Å². The van der Waals surface area contributed by atoms with Crippen LogP contribution in [0.1, 0.15) is 48.8 Å². The van der Waals surface area contributed by atoms with Crippen LogP contribution in [0.15, 0.2) is 47.9 Å². The number of aromatic nitrogens is 3. The lowest BCUT2D eigenvalue weighted by atomic mass is 9.85. The molecule has 2 heterocycles. The van der Waals surface area contributed by atoms with Crippen LogP contribution in [0.25, 0.3) is 11.1 Å². The summed E-state index contributed by atoms with van der Waals surface area (Å²) in [6, 6.07) is 10.5. The van der Waals surface area contributed by atoms with Crippen molar-refractivity contribution in [1.29, 1.82) is 0 Å². The first-order valence-corrected chi connectivity index (χ1v) is 10.9. The lowest BCUT2D eigenvalue weighted by Crippen LogP contribution is -2.17. The van der Waals surface area contributed by atoms with E-state index in [0.29, 0.717) is 6.54 Å². The van der Waals surface area contributed by atoms with Gasteiger partial charge >= 0.3 is 0 Å². The van der Waals surface area contributed by atoms with Gasteiger partial charge in [0.25, 0.3) is 0 Å². The molecule has 0 bridgehead atoms. The molecule has 0 atom stereocenters. The smallest absolute Gasteiger partial charge is 0.187 e. The first kappa shape index (κ1) is 30.6. The fourth-order valence-electron chi connectivity index (χ4n) is 3.46.